The second-order valence-electron chi connectivity index (χ2n) is 4.06. The first-order valence-electron chi connectivity index (χ1n) is 5.45. The molecule has 0 saturated carbocycles. The van der Waals surface area contributed by atoms with Crippen LogP contribution in [0.25, 0.3) is 0 Å². The van der Waals surface area contributed by atoms with Gasteiger partial charge in [-0.3, -0.25) is 10.1 Å². The van der Waals surface area contributed by atoms with Crippen molar-refractivity contribution in [3.63, 3.8) is 0 Å². The summed E-state index contributed by atoms with van der Waals surface area (Å²) in [5.41, 5.74) is 4.86. The van der Waals surface area contributed by atoms with E-state index in [1.165, 1.54) is 29.2 Å². The summed E-state index contributed by atoms with van der Waals surface area (Å²) in [6.07, 6.45) is 2.63. The lowest BCUT2D eigenvalue weighted by Crippen LogP contribution is -2.20. The fourth-order valence-electron chi connectivity index (χ4n) is 1.61. The van der Waals surface area contributed by atoms with E-state index in [-0.39, 0.29) is 16.3 Å². The monoisotopic (exact) mass is 297 g/mol. The van der Waals surface area contributed by atoms with Crippen LogP contribution in [0.4, 0.5) is 10.1 Å². The normalized spacial score (nSPS) is 11.3. The molecule has 0 fully saturated rings. The predicted octanol–water partition coefficient (Wildman–Crippen LogP) is 0.644. The van der Waals surface area contributed by atoms with Gasteiger partial charge in [0.15, 0.2) is 5.03 Å². The molecule has 1 heterocycles. The average Bonchev–Trinajstić information content (AvgIpc) is 2.75. The summed E-state index contributed by atoms with van der Waals surface area (Å²) in [5.74, 6) is -1.35. The quantitative estimate of drug-likeness (QED) is 0.567. The van der Waals surface area contributed by atoms with Crippen molar-refractivity contribution in [3.8, 4) is 0 Å². The van der Waals surface area contributed by atoms with Gasteiger partial charge >= 0.3 is 0 Å². The van der Waals surface area contributed by atoms with E-state index < -0.39 is 21.7 Å². The molecule has 0 spiro atoms. The lowest BCUT2D eigenvalue weighted by Gasteiger charge is -2.11. The Morgan fingerprint density at radius 1 is 1.50 bits per heavy atom. The van der Waals surface area contributed by atoms with Gasteiger partial charge < -0.3 is 10.3 Å². The largest absolute Gasteiger partial charge is 0.384 e. The zero-order chi connectivity index (χ0) is 14.9. The number of aromatic nitrogens is 2. The van der Waals surface area contributed by atoms with Crippen LogP contribution in [0.15, 0.2) is 35.7 Å². The number of aryl methyl sites for hydroxylation is 1. The van der Waals surface area contributed by atoms with Crippen LogP contribution < -0.4 is 10.5 Å². The average molecular weight is 297 g/mol. The number of nitrogens with one attached hydrogen (secondary N) is 2. The third kappa shape index (κ3) is 2.62. The van der Waals surface area contributed by atoms with Crippen molar-refractivity contribution in [1.82, 2.24) is 9.55 Å². The summed E-state index contributed by atoms with van der Waals surface area (Å²) in [6.45, 7) is 0. The Hall–Kier alpha value is -2.42. The Morgan fingerprint density at radius 3 is 2.75 bits per heavy atom. The van der Waals surface area contributed by atoms with E-state index >= 15 is 0 Å². The Bertz CT molecular complexity index is 769. The minimum atomic E-state index is -3.97. The second-order valence-corrected chi connectivity index (χ2v) is 5.69. The molecule has 0 bridgehead atoms. The fourth-order valence-corrected chi connectivity index (χ4v) is 2.66. The van der Waals surface area contributed by atoms with Gasteiger partial charge in [-0.25, -0.2) is 9.37 Å². The first-order valence-corrected chi connectivity index (χ1v) is 6.93. The van der Waals surface area contributed by atoms with E-state index in [0.717, 1.165) is 6.07 Å². The van der Waals surface area contributed by atoms with Crippen molar-refractivity contribution in [2.24, 2.45) is 12.8 Å². The molecule has 2 rings (SSSR count). The van der Waals surface area contributed by atoms with Gasteiger partial charge in [0.2, 0.25) is 0 Å². The molecule has 0 saturated heterocycles. The molecule has 7 nitrogen and oxygen atoms in total. The van der Waals surface area contributed by atoms with E-state index in [1.54, 1.807) is 7.05 Å². The molecule has 106 valence electrons. The highest BCUT2D eigenvalue weighted by Gasteiger charge is 2.20. The molecule has 0 unspecified atom stereocenters. The maximum atomic E-state index is 13.6. The maximum Gasteiger partial charge on any atom is 0.280 e. The first-order chi connectivity index (χ1) is 9.31. The number of rotatable bonds is 4. The number of halogens is 1. The van der Waals surface area contributed by atoms with Gasteiger partial charge in [-0.05, 0) is 12.1 Å². The van der Waals surface area contributed by atoms with Gasteiger partial charge in [0.1, 0.15) is 11.7 Å². The van der Waals surface area contributed by atoms with Crippen LogP contribution in [0.5, 0.6) is 0 Å². The number of nitrogens with two attached hydrogens (primary N) is 1. The van der Waals surface area contributed by atoms with Crippen LogP contribution in [-0.4, -0.2) is 23.8 Å². The molecular weight excluding hydrogens is 285 g/mol. The molecule has 0 atom stereocenters. The van der Waals surface area contributed by atoms with Gasteiger partial charge in [-0.2, -0.15) is 8.42 Å². The predicted molar refractivity (Wildman–Crippen MR) is 71.4 cm³/mol. The smallest absolute Gasteiger partial charge is 0.280 e. The third-order valence-electron chi connectivity index (χ3n) is 2.48. The zero-order valence-electron chi connectivity index (χ0n) is 10.5. The molecule has 9 heteroatoms. The minimum absolute atomic E-state index is 0.108. The van der Waals surface area contributed by atoms with Gasteiger partial charge in [-0.1, -0.05) is 6.07 Å². The van der Waals surface area contributed by atoms with E-state index in [1.807, 2.05) is 0 Å². The van der Waals surface area contributed by atoms with Crippen molar-refractivity contribution in [1.29, 1.82) is 5.41 Å². The summed E-state index contributed by atoms with van der Waals surface area (Å²) in [6, 6.07) is 3.73. The SMILES string of the molecule is Cn1cnc(S(=O)(=O)Nc2cccc(F)c2C(=N)N)c1. The molecule has 0 aliphatic heterocycles. The summed E-state index contributed by atoms with van der Waals surface area (Å²) in [5, 5.41) is 7.11. The van der Waals surface area contributed by atoms with E-state index in [9.17, 15) is 12.8 Å². The molecule has 20 heavy (non-hydrogen) atoms. The lowest BCUT2D eigenvalue weighted by atomic mass is 10.1. The highest BCUT2D eigenvalue weighted by atomic mass is 32.2. The van der Waals surface area contributed by atoms with Crippen LogP contribution in [0.3, 0.4) is 0 Å². The van der Waals surface area contributed by atoms with E-state index in [2.05, 4.69) is 9.71 Å². The molecule has 4 N–H and O–H groups in total. The number of hydrogen-bond donors (Lipinski definition) is 3. The summed E-state index contributed by atoms with van der Waals surface area (Å²) < 4.78 is 41.4. The number of imidazole rings is 1. The van der Waals surface area contributed by atoms with Crippen molar-refractivity contribution >= 4 is 21.5 Å². The molecule has 0 radical (unpaired) electrons. The molecule has 2 aromatic rings. The number of benzene rings is 1. The molecule has 1 aromatic carbocycles. The van der Waals surface area contributed by atoms with Crippen LogP contribution in [0, 0.1) is 11.2 Å². The van der Waals surface area contributed by atoms with Gasteiger partial charge in [0.25, 0.3) is 10.0 Å². The van der Waals surface area contributed by atoms with Crippen LogP contribution in [0.1, 0.15) is 5.56 Å². The number of nitrogens with zero attached hydrogens (tertiary/aromatic N) is 2. The van der Waals surface area contributed by atoms with Crippen molar-refractivity contribution < 1.29 is 12.8 Å². The van der Waals surface area contributed by atoms with E-state index in [0.29, 0.717) is 0 Å². The molecule has 0 aliphatic carbocycles. The van der Waals surface area contributed by atoms with Crippen LogP contribution in [0.2, 0.25) is 0 Å². The summed E-state index contributed by atoms with van der Waals surface area (Å²) >= 11 is 0. The van der Waals surface area contributed by atoms with Gasteiger partial charge in [-0.15, -0.1) is 0 Å². The van der Waals surface area contributed by atoms with Crippen molar-refractivity contribution in [2.75, 3.05) is 4.72 Å². The van der Waals surface area contributed by atoms with Crippen LogP contribution >= 0.6 is 0 Å². The molecular formula is C11H12FN5O2S. The molecule has 1 aromatic heterocycles. The van der Waals surface area contributed by atoms with Crippen molar-refractivity contribution in [3.05, 3.63) is 42.1 Å². The standard InChI is InChI=1S/C11H12FN5O2S/c1-17-5-9(15-6-17)20(18,19)16-8-4-2-3-7(12)10(8)11(13)14/h2-6,16H,1H3,(H3,13,14). The van der Waals surface area contributed by atoms with Crippen LogP contribution in [-0.2, 0) is 17.1 Å². The molecule has 0 amide bonds. The van der Waals surface area contributed by atoms with Crippen molar-refractivity contribution in [2.45, 2.75) is 5.03 Å². The minimum Gasteiger partial charge on any atom is -0.384 e. The van der Waals surface area contributed by atoms with Gasteiger partial charge in [0.05, 0.1) is 17.6 Å². The third-order valence-corrected chi connectivity index (χ3v) is 3.73. The lowest BCUT2D eigenvalue weighted by molar-refractivity contribution is 0.598. The number of hydrogen-bond acceptors (Lipinski definition) is 4. The maximum absolute atomic E-state index is 13.6. The topological polar surface area (TPSA) is 114 Å². The Labute approximate surface area is 114 Å². The highest BCUT2D eigenvalue weighted by molar-refractivity contribution is 7.92. The highest BCUT2D eigenvalue weighted by Crippen LogP contribution is 2.21. The summed E-state index contributed by atoms with van der Waals surface area (Å²) in [4.78, 5) is 3.71. The van der Waals surface area contributed by atoms with Gasteiger partial charge in [0, 0.05) is 13.2 Å². The fraction of sp³-hybridized carbons (Fsp3) is 0.0909. The number of anilines is 1. The number of amidine groups is 1. The Morgan fingerprint density at radius 2 is 2.20 bits per heavy atom. The van der Waals surface area contributed by atoms with E-state index in [4.69, 9.17) is 11.1 Å². The molecule has 0 aliphatic rings. The Balaban J connectivity index is 2.45. The Kier molecular flexibility index (Phi) is 3.45. The summed E-state index contributed by atoms with van der Waals surface area (Å²) in [7, 11) is -2.35. The number of sulfonamides is 1. The first kappa shape index (κ1) is 14.0. The number of nitrogen functional groups attached to an aromatic ring is 1. The zero-order valence-corrected chi connectivity index (χ0v) is 11.3. The second kappa shape index (κ2) is 4.93.